The molecule has 0 aliphatic heterocycles. The molecule has 4 aromatic rings. The van der Waals surface area contributed by atoms with Gasteiger partial charge in [-0.1, -0.05) is 0 Å². The van der Waals surface area contributed by atoms with E-state index in [0.717, 1.165) is 64.2 Å². The van der Waals surface area contributed by atoms with Crippen LogP contribution in [0.3, 0.4) is 0 Å². The number of ether oxygens (including phenoxy) is 1. The molecule has 2 aliphatic rings. The molecule has 8 nitrogen and oxygen atoms in total. The molecular formula is C25H28N6O2S. The van der Waals surface area contributed by atoms with Crippen LogP contribution in [0.1, 0.15) is 36.6 Å². The van der Waals surface area contributed by atoms with Crippen LogP contribution in [0.25, 0.3) is 21.1 Å². The monoisotopic (exact) mass is 476 g/mol. The fraction of sp³-hybridized carbons (Fsp3) is 0.440. The van der Waals surface area contributed by atoms with Crippen molar-refractivity contribution in [2.45, 2.75) is 39.0 Å². The highest BCUT2D eigenvalue weighted by molar-refractivity contribution is 7.19. The molecule has 3 heterocycles. The quantitative estimate of drug-likeness (QED) is 0.402. The number of anilines is 2. The Morgan fingerprint density at radius 3 is 3.00 bits per heavy atom. The van der Waals surface area contributed by atoms with Gasteiger partial charge >= 0.3 is 0 Å². The maximum absolute atomic E-state index is 13.0. The van der Waals surface area contributed by atoms with Crippen LogP contribution in [0.5, 0.6) is 5.75 Å². The summed E-state index contributed by atoms with van der Waals surface area (Å²) in [6.45, 7) is 3.43. The van der Waals surface area contributed by atoms with Crippen molar-refractivity contribution in [1.82, 2.24) is 25.1 Å². The Morgan fingerprint density at radius 1 is 1.29 bits per heavy atom. The van der Waals surface area contributed by atoms with Crippen molar-refractivity contribution in [1.29, 1.82) is 0 Å². The zero-order chi connectivity index (χ0) is 23.2. The summed E-state index contributed by atoms with van der Waals surface area (Å²) in [5.74, 6) is 2.58. The largest absolute Gasteiger partial charge is 0.492 e. The van der Waals surface area contributed by atoms with Crippen LogP contribution in [0.4, 0.5) is 11.5 Å². The maximum atomic E-state index is 13.0. The van der Waals surface area contributed by atoms with Crippen LogP contribution >= 0.6 is 11.3 Å². The summed E-state index contributed by atoms with van der Waals surface area (Å²) >= 11 is 1.69. The van der Waals surface area contributed by atoms with Crippen molar-refractivity contribution < 1.29 is 9.53 Å². The van der Waals surface area contributed by atoms with Crippen molar-refractivity contribution >= 4 is 49.9 Å². The van der Waals surface area contributed by atoms with E-state index in [-0.39, 0.29) is 11.8 Å². The summed E-state index contributed by atoms with van der Waals surface area (Å²) in [4.78, 5) is 26.4. The molecule has 2 N–H and O–H groups in total. The number of carbonyl (C=O) groups excluding carboxylic acids is 1. The van der Waals surface area contributed by atoms with E-state index < -0.39 is 0 Å². The summed E-state index contributed by atoms with van der Waals surface area (Å²) in [6.07, 6.45) is 8.45. The number of benzene rings is 1. The third kappa shape index (κ3) is 3.87. The average Bonchev–Trinajstić information content (AvgIpc) is 3.39. The van der Waals surface area contributed by atoms with Crippen LogP contribution in [-0.4, -0.2) is 51.2 Å². The molecule has 1 aromatic carbocycles. The van der Waals surface area contributed by atoms with Crippen LogP contribution < -0.4 is 10.1 Å². The van der Waals surface area contributed by atoms with Gasteiger partial charge in [-0.3, -0.25) is 9.89 Å². The Kier molecular flexibility index (Phi) is 5.36. The van der Waals surface area contributed by atoms with E-state index in [2.05, 4.69) is 25.5 Å². The summed E-state index contributed by atoms with van der Waals surface area (Å²) in [6, 6.07) is 3.99. The van der Waals surface area contributed by atoms with E-state index in [1.165, 1.54) is 23.3 Å². The Bertz CT molecular complexity index is 1370. The van der Waals surface area contributed by atoms with Gasteiger partial charge in [-0.25, -0.2) is 9.97 Å². The Balaban J connectivity index is 1.31. The zero-order valence-corrected chi connectivity index (χ0v) is 20.2. The van der Waals surface area contributed by atoms with Gasteiger partial charge in [0.25, 0.3) is 0 Å². The van der Waals surface area contributed by atoms with Crippen molar-refractivity contribution in [3.63, 3.8) is 0 Å². The van der Waals surface area contributed by atoms with Crippen molar-refractivity contribution in [2.24, 2.45) is 11.8 Å². The van der Waals surface area contributed by atoms with E-state index >= 15 is 0 Å². The number of H-pyrrole nitrogens is 1. The van der Waals surface area contributed by atoms with E-state index in [1.807, 2.05) is 31.0 Å². The number of aromatic nitrogens is 4. The highest BCUT2D eigenvalue weighted by atomic mass is 32.1. The Hall–Kier alpha value is -3.20. The third-order valence-electron chi connectivity index (χ3n) is 6.89. The second-order valence-corrected chi connectivity index (χ2v) is 10.5. The number of hydrogen-bond acceptors (Lipinski definition) is 7. The molecule has 6 rings (SSSR count). The van der Waals surface area contributed by atoms with Gasteiger partial charge in [0.2, 0.25) is 5.91 Å². The van der Waals surface area contributed by atoms with Gasteiger partial charge in [-0.05, 0) is 56.6 Å². The minimum atomic E-state index is 0.0572. The number of rotatable bonds is 7. The van der Waals surface area contributed by atoms with Gasteiger partial charge in [-0.15, -0.1) is 11.3 Å². The molecular weight excluding hydrogens is 448 g/mol. The number of fused-ring (bicyclic) bond motifs is 4. The standard InChI is InChI=1S/C25H28N6O2S/c1-3-33-20-10-18-16(11-28-30-18)8-19(20)29-23-22-17-7-6-15(25(32)31(2)12-14-4-5-14)9-21(17)34-24(22)27-13-26-23/h8,10-11,13-15H,3-7,9,12H2,1-2H3,(H,28,30)(H,26,27,29)/t15-/m0/s1. The lowest BCUT2D eigenvalue weighted by Crippen LogP contribution is -2.36. The Labute approximate surface area is 201 Å². The number of nitrogens with zero attached hydrogens (tertiary/aromatic N) is 4. The molecule has 1 saturated carbocycles. The van der Waals surface area contributed by atoms with Crippen LogP contribution in [0.15, 0.2) is 24.7 Å². The van der Waals surface area contributed by atoms with Crippen molar-refractivity contribution in [3.05, 3.63) is 35.1 Å². The van der Waals surface area contributed by atoms with Gasteiger partial charge in [0, 0.05) is 35.8 Å². The molecule has 176 valence electrons. The summed E-state index contributed by atoms with van der Waals surface area (Å²) in [5.41, 5.74) is 3.05. The number of aryl methyl sites for hydroxylation is 1. The molecule has 9 heteroatoms. The van der Waals surface area contributed by atoms with Gasteiger partial charge in [0.15, 0.2) is 0 Å². The molecule has 0 unspecified atom stereocenters. The molecule has 0 saturated heterocycles. The molecule has 1 amide bonds. The smallest absolute Gasteiger partial charge is 0.225 e. The molecule has 3 aromatic heterocycles. The minimum Gasteiger partial charge on any atom is -0.492 e. The minimum absolute atomic E-state index is 0.0572. The summed E-state index contributed by atoms with van der Waals surface area (Å²) in [5, 5.41) is 12.7. The number of hydrogen-bond donors (Lipinski definition) is 2. The molecule has 34 heavy (non-hydrogen) atoms. The molecule has 0 radical (unpaired) electrons. The molecule has 0 spiro atoms. The van der Waals surface area contributed by atoms with E-state index in [4.69, 9.17) is 4.74 Å². The maximum Gasteiger partial charge on any atom is 0.225 e. The number of carbonyl (C=O) groups is 1. The SMILES string of the molecule is CCOc1cc2[nH]ncc2cc1Nc1ncnc2sc3c(c12)CC[C@H](C(=O)N(C)CC1CC1)C3. The van der Waals surface area contributed by atoms with Gasteiger partial charge in [0.05, 0.1) is 29.4 Å². The molecule has 2 aliphatic carbocycles. The summed E-state index contributed by atoms with van der Waals surface area (Å²) in [7, 11) is 1.96. The normalized spacial score (nSPS) is 17.6. The number of amides is 1. The number of aromatic amines is 1. The predicted molar refractivity (Wildman–Crippen MR) is 134 cm³/mol. The summed E-state index contributed by atoms with van der Waals surface area (Å²) < 4.78 is 5.89. The zero-order valence-electron chi connectivity index (χ0n) is 19.4. The van der Waals surface area contributed by atoms with E-state index in [0.29, 0.717) is 12.5 Å². The molecule has 1 fully saturated rings. The predicted octanol–water partition coefficient (Wildman–Crippen LogP) is 4.68. The van der Waals surface area contributed by atoms with Gasteiger partial charge in [-0.2, -0.15) is 5.10 Å². The lowest BCUT2D eigenvalue weighted by atomic mass is 9.87. The first-order chi connectivity index (χ1) is 16.6. The van der Waals surface area contributed by atoms with Gasteiger partial charge < -0.3 is 15.0 Å². The van der Waals surface area contributed by atoms with Gasteiger partial charge in [0.1, 0.15) is 22.7 Å². The first-order valence-corrected chi connectivity index (χ1v) is 12.8. The van der Waals surface area contributed by atoms with Crippen LogP contribution in [-0.2, 0) is 17.6 Å². The average molecular weight is 477 g/mol. The fourth-order valence-electron chi connectivity index (χ4n) is 4.98. The topological polar surface area (TPSA) is 96.0 Å². The highest BCUT2D eigenvalue weighted by Gasteiger charge is 2.32. The first kappa shape index (κ1) is 21.3. The number of nitrogens with one attached hydrogen (secondary N) is 2. The third-order valence-corrected chi connectivity index (χ3v) is 8.06. The van der Waals surface area contributed by atoms with Crippen LogP contribution in [0.2, 0.25) is 0 Å². The molecule has 0 bridgehead atoms. The highest BCUT2D eigenvalue weighted by Crippen LogP contribution is 2.42. The fourth-order valence-corrected chi connectivity index (χ4v) is 6.24. The number of thiophene rings is 1. The second-order valence-electron chi connectivity index (χ2n) is 9.37. The lowest BCUT2D eigenvalue weighted by molar-refractivity contribution is -0.134. The first-order valence-electron chi connectivity index (χ1n) is 12.0. The molecule has 1 atom stereocenters. The Morgan fingerprint density at radius 2 is 2.18 bits per heavy atom. The van der Waals surface area contributed by atoms with E-state index in [9.17, 15) is 4.79 Å². The van der Waals surface area contributed by atoms with E-state index in [1.54, 1.807) is 23.9 Å². The van der Waals surface area contributed by atoms with Crippen LogP contribution in [0, 0.1) is 11.8 Å². The second kappa shape index (κ2) is 8.54. The van der Waals surface area contributed by atoms with Crippen molar-refractivity contribution in [2.75, 3.05) is 25.5 Å². The lowest BCUT2D eigenvalue weighted by Gasteiger charge is -2.26. The van der Waals surface area contributed by atoms with Crippen molar-refractivity contribution in [3.8, 4) is 5.75 Å².